The molecule has 1 saturated carbocycles. The van der Waals surface area contributed by atoms with Crippen molar-refractivity contribution in [1.29, 1.82) is 0 Å². The highest BCUT2D eigenvalue weighted by atomic mass is 16.5. The van der Waals surface area contributed by atoms with Crippen LogP contribution in [0.3, 0.4) is 0 Å². The van der Waals surface area contributed by atoms with Gasteiger partial charge in [0.05, 0.1) is 24.8 Å². The second kappa shape index (κ2) is 5.78. The first-order chi connectivity index (χ1) is 10.8. The number of rotatable bonds is 2. The molecule has 2 heterocycles. The maximum absolute atomic E-state index is 12.6. The van der Waals surface area contributed by atoms with E-state index in [1.807, 2.05) is 24.3 Å². The molecule has 2 aromatic rings. The molecular weight excluding hydrogens is 280 g/mol. The number of benzene rings is 1. The van der Waals surface area contributed by atoms with Crippen molar-refractivity contribution in [1.82, 2.24) is 19.9 Å². The summed E-state index contributed by atoms with van der Waals surface area (Å²) in [7, 11) is 0. The van der Waals surface area contributed by atoms with Gasteiger partial charge in [-0.15, -0.1) is 5.10 Å². The molecule has 0 unspecified atom stereocenters. The van der Waals surface area contributed by atoms with E-state index in [-0.39, 0.29) is 5.56 Å². The van der Waals surface area contributed by atoms with Crippen LogP contribution in [-0.2, 0) is 11.4 Å². The summed E-state index contributed by atoms with van der Waals surface area (Å²) in [6.45, 7) is 2.08. The molecule has 1 saturated heterocycles. The molecule has 2 fully saturated rings. The Labute approximate surface area is 128 Å². The van der Waals surface area contributed by atoms with E-state index in [0.717, 1.165) is 26.0 Å². The van der Waals surface area contributed by atoms with Crippen LogP contribution in [0.1, 0.15) is 25.7 Å². The predicted molar refractivity (Wildman–Crippen MR) is 82.5 cm³/mol. The molecule has 0 spiro atoms. The average molecular weight is 300 g/mol. The Hall–Kier alpha value is -1.79. The highest BCUT2D eigenvalue weighted by Crippen LogP contribution is 2.28. The topological polar surface area (TPSA) is 60.2 Å². The molecule has 6 nitrogen and oxygen atoms in total. The molecule has 0 N–H and O–H groups in total. The number of aromatic nitrogens is 3. The molecular formula is C16H20N4O2. The van der Waals surface area contributed by atoms with Crippen molar-refractivity contribution >= 4 is 10.9 Å². The van der Waals surface area contributed by atoms with E-state index in [0.29, 0.717) is 29.7 Å². The van der Waals surface area contributed by atoms with Crippen molar-refractivity contribution in [3.05, 3.63) is 34.6 Å². The molecule has 6 heteroatoms. The molecule has 4 rings (SSSR count). The van der Waals surface area contributed by atoms with Crippen LogP contribution < -0.4 is 5.56 Å². The van der Waals surface area contributed by atoms with Gasteiger partial charge >= 0.3 is 0 Å². The summed E-state index contributed by atoms with van der Waals surface area (Å²) in [6.07, 6.45) is 5.05. The van der Waals surface area contributed by atoms with Gasteiger partial charge in [0, 0.05) is 12.6 Å². The lowest BCUT2D eigenvalue weighted by Gasteiger charge is -2.43. The first kappa shape index (κ1) is 13.8. The minimum absolute atomic E-state index is 0.0653. The fourth-order valence-electron chi connectivity index (χ4n) is 3.64. The fourth-order valence-corrected chi connectivity index (χ4v) is 3.64. The summed E-state index contributed by atoms with van der Waals surface area (Å²) in [5.74, 6) is 0. The summed E-state index contributed by atoms with van der Waals surface area (Å²) >= 11 is 0. The third-order valence-corrected chi connectivity index (χ3v) is 4.79. The van der Waals surface area contributed by atoms with Crippen LogP contribution in [-0.4, -0.2) is 45.2 Å². The van der Waals surface area contributed by atoms with Gasteiger partial charge in [0.15, 0.2) is 0 Å². The second-order valence-electron chi connectivity index (χ2n) is 6.13. The SMILES string of the molecule is O=c1c2ccccc2nnn1CN1CCO[C@H]2CCCC[C@@H]21. The first-order valence-electron chi connectivity index (χ1n) is 8.01. The van der Waals surface area contributed by atoms with E-state index in [2.05, 4.69) is 15.2 Å². The van der Waals surface area contributed by atoms with E-state index in [1.54, 1.807) is 0 Å². The zero-order valence-electron chi connectivity index (χ0n) is 12.5. The van der Waals surface area contributed by atoms with Gasteiger partial charge < -0.3 is 4.74 Å². The molecule has 1 aliphatic heterocycles. The quantitative estimate of drug-likeness (QED) is 0.839. The number of ether oxygens (including phenoxy) is 1. The van der Waals surface area contributed by atoms with Crippen molar-refractivity contribution in [2.24, 2.45) is 0 Å². The first-order valence-corrected chi connectivity index (χ1v) is 8.01. The van der Waals surface area contributed by atoms with Gasteiger partial charge in [0.25, 0.3) is 5.56 Å². The average Bonchev–Trinajstić information content (AvgIpc) is 2.58. The molecule has 2 aliphatic rings. The van der Waals surface area contributed by atoms with Crippen molar-refractivity contribution in [3.63, 3.8) is 0 Å². The van der Waals surface area contributed by atoms with E-state index in [4.69, 9.17) is 4.74 Å². The van der Waals surface area contributed by atoms with Gasteiger partial charge in [-0.1, -0.05) is 30.2 Å². The van der Waals surface area contributed by atoms with Gasteiger partial charge in [-0.05, 0) is 25.0 Å². The molecule has 1 aliphatic carbocycles. The van der Waals surface area contributed by atoms with Crippen molar-refractivity contribution in [3.8, 4) is 0 Å². The lowest BCUT2D eigenvalue weighted by Crippen LogP contribution is -2.53. The lowest BCUT2D eigenvalue weighted by atomic mass is 9.90. The van der Waals surface area contributed by atoms with Crippen LogP contribution in [0.15, 0.2) is 29.1 Å². The van der Waals surface area contributed by atoms with Crippen LogP contribution in [0.2, 0.25) is 0 Å². The van der Waals surface area contributed by atoms with Crippen LogP contribution in [0.5, 0.6) is 0 Å². The van der Waals surface area contributed by atoms with Gasteiger partial charge in [-0.3, -0.25) is 9.69 Å². The Balaban J connectivity index is 1.62. The van der Waals surface area contributed by atoms with Gasteiger partial charge in [-0.25, -0.2) is 0 Å². The highest BCUT2D eigenvalue weighted by molar-refractivity contribution is 5.76. The van der Waals surface area contributed by atoms with Crippen molar-refractivity contribution in [2.45, 2.75) is 44.5 Å². The zero-order chi connectivity index (χ0) is 14.9. The predicted octanol–water partition coefficient (Wildman–Crippen LogP) is 1.39. The van der Waals surface area contributed by atoms with Gasteiger partial charge in [0.2, 0.25) is 0 Å². The molecule has 0 bridgehead atoms. The molecule has 1 aromatic heterocycles. The van der Waals surface area contributed by atoms with Crippen LogP contribution in [0.25, 0.3) is 10.9 Å². The number of fused-ring (bicyclic) bond motifs is 2. The Bertz CT molecular complexity index is 727. The number of nitrogens with zero attached hydrogens (tertiary/aromatic N) is 4. The summed E-state index contributed by atoms with van der Waals surface area (Å²) in [5, 5.41) is 8.91. The van der Waals surface area contributed by atoms with E-state index in [1.165, 1.54) is 17.5 Å². The van der Waals surface area contributed by atoms with E-state index >= 15 is 0 Å². The summed E-state index contributed by atoms with van der Waals surface area (Å²) in [5.41, 5.74) is 0.589. The summed E-state index contributed by atoms with van der Waals surface area (Å²) < 4.78 is 7.37. The minimum atomic E-state index is -0.0653. The number of hydrogen-bond donors (Lipinski definition) is 0. The Morgan fingerprint density at radius 3 is 3.05 bits per heavy atom. The molecule has 0 radical (unpaired) electrons. The van der Waals surface area contributed by atoms with Gasteiger partial charge in [-0.2, -0.15) is 4.68 Å². The van der Waals surface area contributed by atoms with Crippen LogP contribution in [0, 0.1) is 0 Å². The fraction of sp³-hybridized carbons (Fsp3) is 0.562. The standard InChI is InChI=1S/C16H20N4O2/c21-16-12-5-1-2-6-13(12)17-18-20(16)11-19-9-10-22-15-8-4-3-7-14(15)19/h1-2,5-6,14-15H,3-4,7-11H2/t14-,15-/m0/s1. The highest BCUT2D eigenvalue weighted by Gasteiger charge is 2.34. The second-order valence-corrected chi connectivity index (χ2v) is 6.13. The maximum Gasteiger partial charge on any atom is 0.278 e. The Morgan fingerprint density at radius 1 is 1.23 bits per heavy atom. The Kier molecular flexibility index (Phi) is 3.63. The lowest BCUT2D eigenvalue weighted by molar-refractivity contribution is -0.0998. The summed E-state index contributed by atoms with van der Waals surface area (Å²) in [4.78, 5) is 14.9. The molecule has 116 valence electrons. The normalized spacial score (nSPS) is 26.0. The largest absolute Gasteiger partial charge is 0.375 e. The third kappa shape index (κ3) is 2.42. The number of morpholine rings is 1. The molecule has 1 aromatic carbocycles. The monoisotopic (exact) mass is 300 g/mol. The molecule has 2 atom stereocenters. The van der Waals surface area contributed by atoms with Crippen molar-refractivity contribution in [2.75, 3.05) is 13.2 Å². The molecule has 22 heavy (non-hydrogen) atoms. The smallest absolute Gasteiger partial charge is 0.278 e. The Morgan fingerprint density at radius 2 is 2.09 bits per heavy atom. The van der Waals surface area contributed by atoms with Crippen LogP contribution >= 0.6 is 0 Å². The summed E-state index contributed by atoms with van der Waals surface area (Å²) in [6, 6.07) is 7.77. The van der Waals surface area contributed by atoms with Gasteiger partial charge in [0.1, 0.15) is 5.52 Å². The third-order valence-electron chi connectivity index (χ3n) is 4.79. The molecule has 0 amide bonds. The van der Waals surface area contributed by atoms with E-state index < -0.39 is 0 Å². The maximum atomic E-state index is 12.6. The van der Waals surface area contributed by atoms with Crippen molar-refractivity contribution < 1.29 is 4.74 Å². The van der Waals surface area contributed by atoms with E-state index in [9.17, 15) is 4.79 Å². The zero-order valence-corrected chi connectivity index (χ0v) is 12.5. The number of hydrogen-bond acceptors (Lipinski definition) is 5. The van der Waals surface area contributed by atoms with Crippen LogP contribution in [0.4, 0.5) is 0 Å². The minimum Gasteiger partial charge on any atom is -0.375 e.